The van der Waals surface area contributed by atoms with Gasteiger partial charge in [-0.3, -0.25) is 4.79 Å². The largest absolute Gasteiger partial charge is 0.466 e. The lowest BCUT2D eigenvalue weighted by molar-refractivity contribution is 0.0943. The van der Waals surface area contributed by atoms with Crippen LogP contribution in [0.4, 0.5) is 0 Å². The van der Waals surface area contributed by atoms with E-state index < -0.39 is 0 Å². The number of carbonyl (C=O) groups excluding carboxylic acids is 1. The number of furan rings is 1. The van der Waals surface area contributed by atoms with Gasteiger partial charge in [-0.25, -0.2) is 0 Å². The third-order valence-electron chi connectivity index (χ3n) is 3.35. The molecule has 1 aromatic rings. The first kappa shape index (κ1) is 12.2. The van der Waals surface area contributed by atoms with Gasteiger partial charge in [0.15, 0.2) is 0 Å². The molecule has 1 aliphatic rings. The lowest BCUT2D eigenvalue weighted by Crippen LogP contribution is -2.28. The smallest absolute Gasteiger partial charge is 0.254 e. The molecule has 2 unspecified atom stereocenters. The quantitative estimate of drug-likeness (QED) is 0.842. The fourth-order valence-corrected chi connectivity index (χ4v) is 2.42. The van der Waals surface area contributed by atoms with Crippen molar-refractivity contribution in [2.24, 2.45) is 5.92 Å². The predicted molar refractivity (Wildman–Crippen MR) is 63.9 cm³/mol. The number of nitrogens with one attached hydrogen (secondary N) is 1. The molecule has 0 saturated heterocycles. The standard InChI is InChI=1S/C13H19NO3/c1-8-5-12(9(2)17-8)13(16)14-7-10-3-4-11(15)6-10/h5,10-11,15H,3-4,6-7H2,1-2H3,(H,14,16). The topological polar surface area (TPSA) is 62.5 Å². The Labute approximate surface area is 101 Å². The molecular weight excluding hydrogens is 218 g/mol. The van der Waals surface area contributed by atoms with E-state index in [2.05, 4.69) is 5.32 Å². The van der Waals surface area contributed by atoms with Crippen LogP contribution < -0.4 is 5.32 Å². The summed E-state index contributed by atoms with van der Waals surface area (Å²) in [5, 5.41) is 12.3. The van der Waals surface area contributed by atoms with Crippen molar-refractivity contribution in [2.75, 3.05) is 6.54 Å². The molecule has 1 aliphatic carbocycles. The Morgan fingerprint density at radius 3 is 2.82 bits per heavy atom. The molecule has 1 saturated carbocycles. The maximum Gasteiger partial charge on any atom is 0.254 e. The van der Waals surface area contributed by atoms with E-state index in [4.69, 9.17) is 4.42 Å². The molecule has 0 aromatic carbocycles. The van der Waals surface area contributed by atoms with Crippen molar-refractivity contribution in [1.82, 2.24) is 5.32 Å². The zero-order valence-corrected chi connectivity index (χ0v) is 10.3. The second-order valence-electron chi connectivity index (χ2n) is 4.87. The summed E-state index contributed by atoms with van der Waals surface area (Å²) < 4.78 is 5.32. The lowest BCUT2D eigenvalue weighted by Gasteiger charge is -2.10. The Hall–Kier alpha value is -1.29. The fraction of sp³-hybridized carbons (Fsp3) is 0.615. The zero-order valence-electron chi connectivity index (χ0n) is 10.3. The number of aliphatic hydroxyl groups excluding tert-OH is 1. The average molecular weight is 237 g/mol. The molecule has 2 atom stereocenters. The van der Waals surface area contributed by atoms with E-state index in [-0.39, 0.29) is 12.0 Å². The van der Waals surface area contributed by atoms with E-state index in [1.807, 2.05) is 6.92 Å². The number of carbonyl (C=O) groups is 1. The van der Waals surface area contributed by atoms with Crippen LogP contribution in [-0.2, 0) is 0 Å². The van der Waals surface area contributed by atoms with Gasteiger partial charge in [0.05, 0.1) is 11.7 Å². The number of aryl methyl sites for hydroxylation is 2. The summed E-state index contributed by atoms with van der Waals surface area (Å²) in [6.07, 6.45) is 2.45. The van der Waals surface area contributed by atoms with Gasteiger partial charge in [0.1, 0.15) is 11.5 Å². The number of hydrogen-bond donors (Lipinski definition) is 2. The van der Waals surface area contributed by atoms with Crippen molar-refractivity contribution in [2.45, 2.75) is 39.2 Å². The van der Waals surface area contributed by atoms with Crippen LogP contribution in [0.3, 0.4) is 0 Å². The molecule has 1 heterocycles. The molecule has 4 nitrogen and oxygen atoms in total. The van der Waals surface area contributed by atoms with Crippen LogP contribution in [0.15, 0.2) is 10.5 Å². The van der Waals surface area contributed by atoms with Gasteiger partial charge in [0.25, 0.3) is 5.91 Å². The van der Waals surface area contributed by atoms with Crippen molar-refractivity contribution in [3.63, 3.8) is 0 Å². The number of rotatable bonds is 3. The minimum absolute atomic E-state index is 0.0826. The molecule has 1 fully saturated rings. The first-order chi connectivity index (χ1) is 8.06. The third-order valence-corrected chi connectivity index (χ3v) is 3.35. The van der Waals surface area contributed by atoms with Crippen LogP contribution in [0, 0.1) is 19.8 Å². The Bertz CT molecular complexity index is 411. The van der Waals surface area contributed by atoms with Crippen molar-refractivity contribution >= 4 is 5.91 Å². The highest BCUT2D eigenvalue weighted by atomic mass is 16.3. The number of amides is 1. The Morgan fingerprint density at radius 2 is 2.29 bits per heavy atom. The molecule has 94 valence electrons. The molecule has 4 heteroatoms. The van der Waals surface area contributed by atoms with Crippen molar-refractivity contribution < 1.29 is 14.3 Å². The second-order valence-corrected chi connectivity index (χ2v) is 4.87. The zero-order chi connectivity index (χ0) is 12.4. The van der Waals surface area contributed by atoms with Gasteiger partial charge in [0, 0.05) is 6.54 Å². The van der Waals surface area contributed by atoms with Gasteiger partial charge < -0.3 is 14.8 Å². The molecular formula is C13H19NO3. The lowest BCUT2D eigenvalue weighted by atomic mass is 10.1. The van der Waals surface area contributed by atoms with E-state index in [1.54, 1.807) is 13.0 Å². The average Bonchev–Trinajstić information content (AvgIpc) is 2.81. The molecule has 17 heavy (non-hydrogen) atoms. The maximum atomic E-state index is 11.9. The van der Waals surface area contributed by atoms with Crippen LogP contribution in [0.1, 0.15) is 41.1 Å². The van der Waals surface area contributed by atoms with Crippen molar-refractivity contribution in [3.8, 4) is 0 Å². The summed E-state index contributed by atoms with van der Waals surface area (Å²) in [5.41, 5.74) is 0.612. The van der Waals surface area contributed by atoms with Crippen LogP contribution in [0.5, 0.6) is 0 Å². The first-order valence-corrected chi connectivity index (χ1v) is 6.09. The van der Waals surface area contributed by atoms with Gasteiger partial charge in [-0.05, 0) is 45.1 Å². The molecule has 2 N–H and O–H groups in total. The normalized spacial score (nSPS) is 23.9. The van der Waals surface area contributed by atoms with Crippen molar-refractivity contribution in [3.05, 3.63) is 23.2 Å². The van der Waals surface area contributed by atoms with Crippen LogP contribution in [-0.4, -0.2) is 23.7 Å². The highest BCUT2D eigenvalue weighted by Gasteiger charge is 2.23. The Morgan fingerprint density at radius 1 is 1.53 bits per heavy atom. The molecule has 1 amide bonds. The van der Waals surface area contributed by atoms with Crippen LogP contribution in [0.2, 0.25) is 0 Å². The Balaban J connectivity index is 1.87. The van der Waals surface area contributed by atoms with E-state index in [0.717, 1.165) is 25.0 Å². The minimum Gasteiger partial charge on any atom is -0.466 e. The second kappa shape index (κ2) is 4.92. The Kier molecular flexibility index (Phi) is 3.52. The molecule has 0 radical (unpaired) electrons. The summed E-state index contributed by atoms with van der Waals surface area (Å²) in [5.74, 6) is 1.73. The number of aliphatic hydroxyl groups is 1. The van der Waals surface area contributed by atoms with Crippen LogP contribution in [0.25, 0.3) is 0 Å². The maximum absolute atomic E-state index is 11.9. The van der Waals surface area contributed by atoms with E-state index in [9.17, 15) is 9.90 Å². The van der Waals surface area contributed by atoms with Gasteiger partial charge >= 0.3 is 0 Å². The fourth-order valence-electron chi connectivity index (χ4n) is 2.42. The monoisotopic (exact) mass is 237 g/mol. The summed E-state index contributed by atoms with van der Waals surface area (Å²) in [7, 11) is 0. The SMILES string of the molecule is Cc1cc(C(=O)NCC2CCC(O)C2)c(C)o1. The van der Waals surface area contributed by atoms with E-state index in [1.165, 1.54) is 0 Å². The first-order valence-electron chi connectivity index (χ1n) is 6.09. The summed E-state index contributed by atoms with van der Waals surface area (Å²) in [6, 6.07) is 1.76. The van der Waals surface area contributed by atoms with Crippen LogP contribution >= 0.6 is 0 Å². The molecule has 2 rings (SSSR count). The summed E-state index contributed by atoms with van der Waals surface area (Å²) in [4.78, 5) is 11.9. The predicted octanol–water partition coefficient (Wildman–Crippen LogP) is 1.79. The van der Waals surface area contributed by atoms with E-state index >= 15 is 0 Å². The van der Waals surface area contributed by atoms with Gasteiger partial charge in [0.2, 0.25) is 0 Å². The van der Waals surface area contributed by atoms with Crippen molar-refractivity contribution in [1.29, 1.82) is 0 Å². The highest BCUT2D eigenvalue weighted by Crippen LogP contribution is 2.24. The van der Waals surface area contributed by atoms with E-state index in [0.29, 0.717) is 23.8 Å². The van der Waals surface area contributed by atoms with Gasteiger partial charge in [-0.1, -0.05) is 0 Å². The summed E-state index contributed by atoms with van der Waals surface area (Å²) in [6.45, 7) is 4.26. The minimum atomic E-state index is -0.185. The molecule has 0 spiro atoms. The van der Waals surface area contributed by atoms with Gasteiger partial charge in [-0.15, -0.1) is 0 Å². The number of hydrogen-bond acceptors (Lipinski definition) is 3. The molecule has 0 bridgehead atoms. The molecule has 0 aliphatic heterocycles. The summed E-state index contributed by atoms with van der Waals surface area (Å²) >= 11 is 0. The third kappa shape index (κ3) is 2.88. The van der Waals surface area contributed by atoms with Gasteiger partial charge in [-0.2, -0.15) is 0 Å². The molecule has 1 aromatic heterocycles. The highest BCUT2D eigenvalue weighted by molar-refractivity contribution is 5.95.